The summed E-state index contributed by atoms with van der Waals surface area (Å²) in [6, 6.07) is 10.5. The Bertz CT molecular complexity index is 968. The van der Waals surface area contributed by atoms with E-state index in [2.05, 4.69) is 10.1 Å². The third-order valence-electron chi connectivity index (χ3n) is 4.88. The average molecular weight is 440 g/mol. The van der Waals surface area contributed by atoms with Crippen molar-refractivity contribution >= 4 is 11.6 Å². The summed E-state index contributed by atoms with van der Waals surface area (Å²) in [6.07, 6.45) is -3.18. The molecule has 1 heterocycles. The maximum absolute atomic E-state index is 14.6. The molecule has 3 rings (SSSR count). The molecular formula is C21H21ClF3N3O2. The highest BCUT2D eigenvalue weighted by atomic mass is 35.5. The van der Waals surface area contributed by atoms with Crippen LogP contribution in [0.15, 0.2) is 55.1 Å². The summed E-state index contributed by atoms with van der Waals surface area (Å²) in [5.74, 6) is 0.131. The number of nitrogens with zero attached hydrogens (tertiary/aromatic N) is 3. The standard InChI is InChI=1S/C21H21ClF3N3O2/c1-13(2)21(29,10-28-12-26-11-27-28)18-8-7-16(9-17(18)19(23)20(24)25)30-15-5-3-14(22)4-6-15/h3-9,11-13,19-20,29H,10H2,1-2H3. The fourth-order valence-corrected chi connectivity index (χ4v) is 3.27. The second kappa shape index (κ2) is 9.06. The number of aliphatic hydroxyl groups is 1. The molecule has 2 unspecified atom stereocenters. The molecule has 1 N–H and O–H groups in total. The van der Waals surface area contributed by atoms with Crippen LogP contribution in [0, 0.1) is 5.92 Å². The minimum absolute atomic E-state index is 0.0456. The first-order valence-electron chi connectivity index (χ1n) is 9.25. The van der Waals surface area contributed by atoms with Crippen molar-refractivity contribution < 1.29 is 23.0 Å². The summed E-state index contributed by atoms with van der Waals surface area (Å²) >= 11 is 5.85. The minimum atomic E-state index is -3.27. The number of hydrogen-bond acceptors (Lipinski definition) is 4. The van der Waals surface area contributed by atoms with Crippen LogP contribution >= 0.6 is 11.6 Å². The molecule has 5 nitrogen and oxygen atoms in total. The first kappa shape index (κ1) is 22.1. The molecule has 1 aromatic heterocycles. The van der Waals surface area contributed by atoms with Crippen molar-refractivity contribution in [2.45, 2.75) is 38.6 Å². The molecule has 0 aliphatic carbocycles. The summed E-state index contributed by atoms with van der Waals surface area (Å²) < 4.78 is 48.3. The Morgan fingerprint density at radius 1 is 1.10 bits per heavy atom. The molecule has 0 saturated carbocycles. The highest BCUT2D eigenvalue weighted by Crippen LogP contribution is 2.41. The third kappa shape index (κ3) is 4.76. The van der Waals surface area contributed by atoms with Crippen LogP contribution in [0.5, 0.6) is 11.5 Å². The predicted molar refractivity (Wildman–Crippen MR) is 107 cm³/mol. The van der Waals surface area contributed by atoms with E-state index in [1.807, 2.05) is 0 Å². The Morgan fingerprint density at radius 3 is 2.33 bits per heavy atom. The van der Waals surface area contributed by atoms with Gasteiger partial charge in [-0.05, 0) is 47.9 Å². The zero-order valence-corrected chi connectivity index (χ0v) is 17.1. The number of aromatic nitrogens is 3. The van der Waals surface area contributed by atoms with Crippen molar-refractivity contribution in [3.8, 4) is 11.5 Å². The molecular weight excluding hydrogens is 419 g/mol. The summed E-state index contributed by atoms with van der Waals surface area (Å²) in [6.45, 7) is 3.36. The molecule has 3 aromatic rings. The van der Waals surface area contributed by atoms with Crippen molar-refractivity contribution in [2.75, 3.05) is 0 Å². The third-order valence-corrected chi connectivity index (χ3v) is 5.13. The smallest absolute Gasteiger partial charge is 0.273 e. The molecule has 2 aromatic carbocycles. The molecule has 0 saturated heterocycles. The van der Waals surface area contributed by atoms with Gasteiger partial charge in [0.25, 0.3) is 6.43 Å². The van der Waals surface area contributed by atoms with E-state index in [0.717, 1.165) is 0 Å². The van der Waals surface area contributed by atoms with Crippen molar-refractivity contribution in [1.82, 2.24) is 14.8 Å². The number of hydrogen-bond donors (Lipinski definition) is 1. The summed E-state index contributed by atoms with van der Waals surface area (Å²) in [5, 5.41) is 15.9. The molecule has 0 aliphatic rings. The fourth-order valence-electron chi connectivity index (χ4n) is 3.14. The van der Waals surface area contributed by atoms with Gasteiger partial charge >= 0.3 is 0 Å². The molecule has 0 bridgehead atoms. The van der Waals surface area contributed by atoms with Crippen LogP contribution in [0.2, 0.25) is 5.02 Å². The van der Waals surface area contributed by atoms with Crippen LogP contribution in [0.3, 0.4) is 0 Å². The van der Waals surface area contributed by atoms with Gasteiger partial charge in [0.05, 0.1) is 6.54 Å². The van der Waals surface area contributed by atoms with Crippen LogP contribution in [0.25, 0.3) is 0 Å². The molecule has 0 aliphatic heterocycles. The lowest BCUT2D eigenvalue weighted by molar-refractivity contribution is -0.0334. The predicted octanol–water partition coefficient (Wildman–Crippen LogP) is 5.54. The van der Waals surface area contributed by atoms with Crippen LogP contribution in [-0.4, -0.2) is 26.3 Å². The van der Waals surface area contributed by atoms with Crippen LogP contribution in [0.1, 0.15) is 31.1 Å². The van der Waals surface area contributed by atoms with Crippen LogP contribution in [-0.2, 0) is 12.1 Å². The number of benzene rings is 2. The Labute approximate surface area is 177 Å². The van der Waals surface area contributed by atoms with E-state index in [1.54, 1.807) is 38.1 Å². The van der Waals surface area contributed by atoms with Gasteiger partial charge < -0.3 is 9.84 Å². The molecule has 9 heteroatoms. The zero-order valence-electron chi connectivity index (χ0n) is 16.3. The van der Waals surface area contributed by atoms with Gasteiger partial charge in [-0.25, -0.2) is 22.8 Å². The molecule has 0 radical (unpaired) electrons. The van der Waals surface area contributed by atoms with Crippen LogP contribution in [0.4, 0.5) is 13.2 Å². The second-order valence-corrected chi connectivity index (χ2v) is 7.65. The van der Waals surface area contributed by atoms with Gasteiger partial charge in [-0.15, -0.1) is 0 Å². The van der Waals surface area contributed by atoms with Crippen LogP contribution < -0.4 is 4.74 Å². The highest BCUT2D eigenvalue weighted by Gasteiger charge is 2.39. The fraction of sp³-hybridized carbons (Fsp3) is 0.333. The van der Waals surface area contributed by atoms with Gasteiger partial charge in [-0.2, -0.15) is 5.10 Å². The molecule has 160 valence electrons. The molecule has 30 heavy (non-hydrogen) atoms. The van der Waals surface area contributed by atoms with E-state index in [-0.39, 0.29) is 23.4 Å². The van der Waals surface area contributed by atoms with Gasteiger partial charge in [0.15, 0.2) is 6.17 Å². The topological polar surface area (TPSA) is 60.2 Å². The molecule has 2 atom stereocenters. The van der Waals surface area contributed by atoms with Gasteiger partial charge in [-0.1, -0.05) is 31.5 Å². The Morgan fingerprint density at radius 2 is 1.77 bits per heavy atom. The highest BCUT2D eigenvalue weighted by molar-refractivity contribution is 6.30. The first-order chi connectivity index (χ1) is 14.2. The lowest BCUT2D eigenvalue weighted by Gasteiger charge is -2.35. The normalized spacial score (nSPS) is 14.7. The van der Waals surface area contributed by atoms with E-state index in [4.69, 9.17) is 16.3 Å². The second-order valence-electron chi connectivity index (χ2n) is 7.21. The minimum Gasteiger partial charge on any atom is -0.457 e. The van der Waals surface area contributed by atoms with Crippen molar-refractivity contribution in [2.24, 2.45) is 5.92 Å². The zero-order chi connectivity index (χ0) is 21.9. The van der Waals surface area contributed by atoms with Crippen molar-refractivity contribution in [3.05, 3.63) is 71.3 Å². The summed E-state index contributed by atoms with van der Waals surface area (Å²) in [7, 11) is 0. The van der Waals surface area contributed by atoms with Crippen molar-refractivity contribution in [3.63, 3.8) is 0 Å². The van der Waals surface area contributed by atoms with E-state index in [0.29, 0.717) is 10.8 Å². The van der Waals surface area contributed by atoms with Gasteiger partial charge in [0.1, 0.15) is 29.8 Å². The van der Waals surface area contributed by atoms with Gasteiger partial charge in [0.2, 0.25) is 0 Å². The summed E-state index contributed by atoms with van der Waals surface area (Å²) in [4.78, 5) is 3.83. The lowest BCUT2D eigenvalue weighted by Crippen LogP contribution is -2.38. The Hall–Kier alpha value is -2.58. The van der Waals surface area contributed by atoms with Gasteiger partial charge in [0, 0.05) is 10.6 Å². The Kier molecular flexibility index (Phi) is 6.67. The lowest BCUT2D eigenvalue weighted by atomic mass is 9.80. The number of ether oxygens (including phenoxy) is 1. The Balaban J connectivity index is 2.04. The monoisotopic (exact) mass is 439 g/mol. The molecule has 0 amide bonds. The SMILES string of the molecule is CC(C)C(O)(Cn1cncn1)c1ccc(Oc2ccc(Cl)cc2)cc1C(F)C(F)F. The van der Waals surface area contributed by atoms with Crippen molar-refractivity contribution in [1.29, 1.82) is 0 Å². The largest absolute Gasteiger partial charge is 0.457 e. The molecule has 0 spiro atoms. The maximum atomic E-state index is 14.6. The van der Waals surface area contributed by atoms with Gasteiger partial charge in [-0.3, -0.25) is 0 Å². The average Bonchev–Trinajstić information content (AvgIpc) is 3.21. The number of alkyl halides is 3. The van der Waals surface area contributed by atoms with E-state index in [9.17, 15) is 18.3 Å². The number of rotatable bonds is 8. The number of halogens is 4. The van der Waals surface area contributed by atoms with E-state index in [1.165, 1.54) is 35.5 Å². The molecule has 0 fully saturated rings. The van der Waals surface area contributed by atoms with E-state index >= 15 is 0 Å². The van der Waals surface area contributed by atoms with E-state index < -0.39 is 24.1 Å². The summed E-state index contributed by atoms with van der Waals surface area (Å²) in [5.41, 5.74) is -1.96. The quantitative estimate of drug-likeness (QED) is 0.500. The maximum Gasteiger partial charge on any atom is 0.273 e. The first-order valence-corrected chi connectivity index (χ1v) is 9.63.